The van der Waals surface area contributed by atoms with Crippen LogP contribution in [0.15, 0.2) is 17.2 Å². The second-order valence-electron chi connectivity index (χ2n) is 4.74. The van der Waals surface area contributed by atoms with Gasteiger partial charge in [-0.3, -0.25) is 0 Å². The standard InChI is InChI=1S/C12H18N2O5S/c1-3-14-7-9(6-11(14)12(15)16)20(17,18)13-10-4-5-19-8(10)2/h6-8,10,13H,3-5H2,1-2H3,(H,15,16). The number of nitrogens with one attached hydrogen (secondary N) is 1. The van der Waals surface area contributed by atoms with Gasteiger partial charge in [0.25, 0.3) is 0 Å². The molecule has 2 N–H and O–H groups in total. The van der Waals surface area contributed by atoms with Gasteiger partial charge in [-0.1, -0.05) is 0 Å². The first-order chi connectivity index (χ1) is 9.35. The lowest BCUT2D eigenvalue weighted by Crippen LogP contribution is -2.38. The van der Waals surface area contributed by atoms with Crippen LogP contribution >= 0.6 is 0 Å². The number of nitrogens with zero attached hydrogens (tertiary/aromatic N) is 1. The first kappa shape index (κ1) is 15.0. The number of sulfonamides is 1. The van der Waals surface area contributed by atoms with Crippen LogP contribution in [0.1, 0.15) is 30.8 Å². The average molecular weight is 302 g/mol. The zero-order valence-corrected chi connectivity index (χ0v) is 12.2. The van der Waals surface area contributed by atoms with Gasteiger partial charge in [0.15, 0.2) is 0 Å². The van der Waals surface area contributed by atoms with Crippen molar-refractivity contribution in [3.8, 4) is 0 Å². The summed E-state index contributed by atoms with van der Waals surface area (Å²) in [4.78, 5) is 11.0. The van der Waals surface area contributed by atoms with Crippen LogP contribution in [0.2, 0.25) is 0 Å². The molecule has 1 aliphatic heterocycles. The maximum Gasteiger partial charge on any atom is 0.352 e. The van der Waals surface area contributed by atoms with Gasteiger partial charge in [-0.05, 0) is 26.3 Å². The lowest BCUT2D eigenvalue weighted by atomic mass is 10.2. The predicted octanol–water partition coefficient (Wildman–Crippen LogP) is 0.662. The highest BCUT2D eigenvalue weighted by Crippen LogP contribution is 2.19. The van der Waals surface area contributed by atoms with Crippen LogP contribution in [-0.4, -0.2) is 42.8 Å². The van der Waals surface area contributed by atoms with Crippen LogP contribution in [0.25, 0.3) is 0 Å². The molecule has 0 saturated carbocycles. The molecule has 0 aromatic carbocycles. The van der Waals surface area contributed by atoms with E-state index >= 15 is 0 Å². The Kier molecular flexibility index (Phi) is 4.17. The fourth-order valence-electron chi connectivity index (χ4n) is 2.23. The number of aryl methyl sites for hydroxylation is 1. The molecule has 2 heterocycles. The summed E-state index contributed by atoms with van der Waals surface area (Å²) in [5, 5.41) is 9.05. The average Bonchev–Trinajstić information content (AvgIpc) is 2.96. The van der Waals surface area contributed by atoms with Crippen LogP contribution < -0.4 is 4.72 Å². The molecule has 20 heavy (non-hydrogen) atoms. The molecule has 1 aliphatic rings. The molecular formula is C12H18N2O5S. The Labute approximate surface area is 117 Å². The lowest BCUT2D eigenvalue weighted by molar-refractivity contribution is 0.0685. The van der Waals surface area contributed by atoms with Crippen molar-refractivity contribution in [2.75, 3.05) is 6.61 Å². The van der Waals surface area contributed by atoms with Crippen molar-refractivity contribution < 1.29 is 23.1 Å². The Morgan fingerprint density at radius 1 is 1.60 bits per heavy atom. The highest BCUT2D eigenvalue weighted by atomic mass is 32.2. The summed E-state index contributed by atoms with van der Waals surface area (Å²) in [6, 6.07) is 0.896. The Hall–Kier alpha value is -1.38. The molecule has 2 rings (SSSR count). The van der Waals surface area contributed by atoms with E-state index in [1.807, 2.05) is 0 Å². The molecule has 8 heteroatoms. The number of rotatable bonds is 5. The third-order valence-electron chi connectivity index (χ3n) is 3.42. The molecule has 2 unspecified atom stereocenters. The molecule has 1 saturated heterocycles. The highest BCUT2D eigenvalue weighted by molar-refractivity contribution is 7.89. The summed E-state index contributed by atoms with van der Waals surface area (Å²) in [5.41, 5.74) is -0.0383. The van der Waals surface area contributed by atoms with E-state index in [4.69, 9.17) is 9.84 Å². The van der Waals surface area contributed by atoms with E-state index < -0.39 is 16.0 Å². The molecule has 1 aromatic heterocycles. The Balaban J connectivity index is 2.27. The topological polar surface area (TPSA) is 97.6 Å². The monoisotopic (exact) mass is 302 g/mol. The molecule has 0 radical (unpaired) electrons. The fraction of sp³-hybridized carbons (Fsp3) is 0.583. The Morgan fingerprint density at radius 3 is 2.75 bits per heavy atom. The van der Waals surface area contributed by atoms with E-state index in [9.17, 15) is 13.2 Å². The number of carboxylic acids is 1. The van der Waals surface area contributed by atoms with Crippen LogP contribution in [-0.2, 0) is 21.3 Å². The van der Waals surface area contributed by atoms with Gasteiger partial charge in [-0.2, -0.15) is 0 Å². The van der Waals surface area contributed by atoms with E-state index in [0.717, 1.165) is 0 Å². The SMILES string of the molecule is CCn1cc(S(=O)(=O)NC2CCOC2C)cc1C(=O)O. The summed E-state index contributed by atoms with van der Waals surface area (Å²) in [7, 11) is -3.74. The summed E-state index contributed by atoms with van der Waals surface area (Å²) in [5.74, 6) is -1.15. The maximum atomic E-state index is 12.3. The van der Waals surface area contributed by atoms with E-state index in [1.54, 1.807) is 13.8 Å². The minimum Gasteiger partial charge on any atom is -0.477 e. The highest BCUT2D eigenvalue weighted by Gasteiger charge is 2.30. The summed E-state index contributed by atoms with van der Waals surface area (Å²) in [6.45, 7) is 4.47. The van der Waals surface area contributed by atoms with Crippen molar-refractivity contribution in [3.63, 3.8) is 0 Å². The largest absolute Gasteiger partial charge is 0.477 e. The molecular weight excluding hydrogens is 284 g/mol. The minimum absolute atomic E-state index is 0.0316. The molecule has 1 fully saturated rings. The first-order valence-corrected chi connectivity index (χ1v) is 7.91. The molecule has 7 nitrogen and oxygen atoms in total. The number of hydrogen-bond donors (Lipinski definition) is 2. The van der Waals surface area contributed by atoms with E-state index in [2.05, 4.69) is 4.72 Å². The van der Waals surface area contributed by atoms with Gasteiger partial charge in [-0.15, -0.1) is 0 Å². The minimum atomic E-state index is -3.74. The second kappa shape index (κ2) is 5.55. The van der Waals surface area contributed by atoms with Gasteiger partial charge in [-0.25, -0.2) is 17.9 Å². The number of hydrogen-bond acceptors (Lipinski definition) is 4. The van der Waals surface area contributed by atoms with Gasteiger partial charge in [0.05, 0.1) is 12.1 Å². The molecule has 0 amide bonds. The predicted molar refractivity (Wildman–Crippen MR) is 71.2 cm³/mol. The van der Waals surface area contributed by atoms with E-state index in [0.29, 0.717) is 19.6 Å². The number of aromatic carboxylic acids is 1. The van der Waals surface area contributed by atoms with Crippen LogP contribution in [0.5, 0.6) is 0 Å². The zero-order chi connectivity index (χ0) is 14.9. The van der Waals surface area contributed by atoms with E-state index in [1.165, 1.54) is 16.8 Å². The molecule has 2 atom stereocenters. The Morgan fingerprint density at radius 2 is 2.30 bits per heavy atom. The second-order valence-corrected chi connectivity index (χ2v) is 6.46. The number of carboxylic acid groups (broad SMARTS) is 1. The molecule has 0 aliphatic carbocycles. The Bertz CT molecular complexity index is 607. The molecule has 0 bridgehead atoms. The van der Waals surface area contributed by atoms with Crippen molar-refractivity contribution in [1.82, 2.24) is 9.29 Å². The van der Waals surface area contributed by atoms with Gasteiger partial charge in [0.2, 0.25) is 10.0 Å². The third kappa shape index (κ3) is 2.87. The van der Waals surface area contributed by atoms with Crippen LogP contribution in [0.3, 0.4) is 0 Å². The van der Waals surface area contributed by atoms with Crippen molar-refractivity contribution in [1.29, 1.82) is 0 Å². The molecule has 112 valence electrons. The molecule has 0 spiro atoms. The maximum absolute atomic E-state index is 12.3. The summed E-state index contributed by atoms with van der Waals surface area (Å²) < 4.78 is 33.8. The van der Waals surface area contributed by atoms with Crippen molar-refractivity contribution >= 4 is 16.0 Å². The normalized spacial score (nSPS) is 23.1. The zero-order valence-electron chi connectivity index (χ0n) is 11.4. The number of aromatic nitrogens is 1. The smallest absolute Gasteiger partial charge is 0.352 e. The quantitative estimate of drug-likeness (QED) is 0.833. The van der Waals surface area contributed by atoms with Crippen molar-refractivity contribution in [2.24, 2.45) is 0 Å². The van der Waals surface area contributed by atoms with Gasteiger partial charge < -0.3 is 14.4 Å². The van der Waals surface area contributed by atoms with Crippen LogP contribution in [0, 0.1) is 0 Å². The first-order valence-electron chi connectivity index (χ1n) is 6.42. The number of carbonyl (C=O) groups is 1. The fourth-order valence-corrected chi connectivity index (χ4v) is 3.60. The van der Waals surface area contributed by atoms with Gasteiger partial charge in [0.1, 0.15) is 10.6 Å². The third-order valence-corrected chi connectivity index (χ3v) is 4.88. The van der Waals surface area contributed by atoms with Gasteiger partial charge >= 0.3 is 5.97 Å². The summed E-state index contributed by atoms with van der Waals surface area (Å²) >= 11 is 0. The van der Waals surface area contributed by atoms with Crippen LogP contribution in [0.4, 0.5) is 0 Å². The van der Waals surface area contributed by atoms with Crippen molar-refractivity contribution in [2.45, 2.75) is 43.9 Å². The summed E-state index contributed by atoms with van der Waals surface area (Å²) in [6.07, 6.45) is 1.77. The van der Waals surface area contributed by atoms with Crippen molar-refractivity contribution in [3.05, 3.63) is 18.0 Å². The molecule has 1 aromatic rings. The van der Waals surface area contributed by atoms with Gasteiger partial charge in [0, 0.05) is 19.3 Å². The lowest BCUT2D eigenvalue weighted by Gasteiger charge is -2.15. The number of ether oxygens (including phenoxy) is 1. The van der Waals surface area contributed by atoms with E-state index in [-0.39, 0.29) is 22.7 Å².